The number of halogens is 4. The maximum absolute atomic E-state index is 14.9. The van der Waals surface area contributed by atoms with Gasteiger partial charge < -0.3 is 9.74 Å². The van der Waals surface area contributed by atoms with Crippen LogP contribution < -0.4 is 10.5 Å². The van der Waals surface area contributed by atoms with Crippen molar-refractivity contribution >= 4 is 34.7 Å². The molecule has 4 aromatic rings. The molecule has 0 amide bonds. The van der Waals surface area contributed by atoms with Crippen LogP contribution in [0.1, 0.15) is 24.0 Å². The number of nitrogens with zero attached hydrogens (tertiary/aromatic N) is 4. The van der Waals surface area contributed by atoms with Crippen molar-refractivity contribution in [3.63, 3.8) is 0 Å². The normalized spacial score (nSPS) is 14.5. The molecule has 0 N–H and O–H groups in total. The van der Waals surface area contributed by atoms with E-state index in [9.17, 15) is 13.6 Å². The fraction of sp³-hybridized carbons (Fsp3) is 0.179. The van der Waals surface area contributed by atoms with Gasteiger partial charge in [-0.25, -0.2) is 13.8 Å². The molecule has 1 saturated heterocycles. The number of oxime groups is 1. The molecule has 0 atom stereocenters. The van der Waals surface area contributed by atoms with Gasteiger partial charge in [-0.2, -0.15) is 0 Å². The minimum atomic E-state index is -0.814. The van der Waals surface area contributed by atoms with Crippen LogP contribution in [-0.2, 0) is 4.84 Å². The van der Waals surface area contributed by atoms with Crippen molar-refractivity contribution in [2.24, 2.45) is 5.16 Å². The highest BCUT2D eigenvalue weighted by Crippen LogP contribution is 2.28. The fourth-order valence-corrected chi connectivity index (χ4v) is 4.90. The summed E-state index contributed by atoms with van der Waals surface area (Å²) < 4.78 is 29.9. The Kier molecular flexibility index (Phi) is 7.72. The molecule has 10 heteroatoms. The maximum atomic E-state index is 14.9. The molecule has 0 unspecified atom stereocenters. The smallest absolute Gasteiger partial charge is 0.255 e. The lowest BCUT2D eigenvalue weighted by Gasteiger charge is -2.31. The number of aromatic nitrogens is 2. The van der Waals surface area contributed by atoms with Crippen LogP contribution in [0.3, 0.4) is 0 Å². The van der Waals surface area contributed by atoms with Gasteiger partial charge in [-0.1, -0.05) is 40.5 Å². The highest BCUT2D eigenvalue weighted by Gasteiger charge is 2.23. The summed E-state index contributed by atoms with van der Waals surface area (Å²) in [6, 6.07) is 16.6. The monoisotopic (exact) mass is 554 g/mol. The van der Waals surface area contributed by atoms with E-state index in [2.05, 4.69) is 15.0 Å². The number of para-hydroxylation sites is 1. The molecular formula is C28H22Cl2F2N4O2. The molecule has 1 aliphatic heterocycles. The first-order valence-corrected chi connectivity index (χ1v) is 12.7. The first-order valence-electron chi connectivity index (χ1n) is 11.9. The van der Waals surface area contributed by atoms with Crippen LogP contribution in [0.2, 0.25) is 10.0 Å². The van der Waals surface area contributed by atoms with Crippen molar-refractivity contribution in [3.8, 4) is 5.69 Å². The van der Waals surface area contributed by atoms with Crippen molar-refractivity contribution in [2.75, 3.05) is 18.0 Å². The molecule has 1 fully saturated rings. The number of hydrogen-bond donors (Lipinski definition) is 0. The zero-order chi connectivity index (χ0) is 26.6. The third-order valence-electron chi connectivity index (χ3n) is 6.26. The average Bonchev–Trinajstić information content (AvgIpc) is 2.92. The Hall–Kier alpha value is -3.75. The van der Waals surface area contributed by atoms with E-state index in [0.29, 0.717) is 31.5 Å². The van der Waals surface area contributed by atoms with E-state index in [4.69, 9.17) is 28.0 Å². The molecule has 6 nitrogen and oxygen atoms in total. The van der Waals surface area contributed by atoms with Gasteiger partial charge in [0.25, 0.3) is 5.56 Å². The Morgan fingerprint density at radius 2 is 1.74 bits per heavy atom. The lowest BCUT2D eigenvalue weighted by molar-refractivity contribution is 0.0421. The van der Waals surface area contributed by atoms with E-state index >= 15 is 0 Å². The summed E-state index contributed by atoms with van der Waals surface area (Å²) in [4.78, 5) is 25.2. The Balaban J connectivity index is 1.48. The van der Waals surface area contributed by atoms with Crippen molar-refractivity contribution < 1.29 is 13.6 Å². The van der Waals surface area contributed by atoms with Crippen LogP contribution in [0.5, 0.6) is 0 Å². The molecular weight excluding hydrogens is 533 g/mol. The molecule has 194 valence electrons. The number of hydrogen-bond acceptors (Lipinski definition) is 5. The van der Waals surface area contributed by atoms with Crippen LogP contribution in [-0.4, -0.2) is 34.5 Å². The van der Waals surface area contributed by atoms with Crippen LogP contribution >= 0.6 is 23.2 Å². The minimum Gasteiger partial charge on any atom is -0.392 e. The van der Waals surface area contributed by atoms with Gasteiger partial charge in [0.1, 0.15) is 29.3 Å². The van der Waals surface area contributed by atoms with Crippen molar-refractivity contribution in [2.45, 2.75) is 18.9 Å². The van der Waals surface area contributed by atoms with E-state index in [0.717, 1.165) is 18.0 Å². The lowest BCUT2D eigenvalue weighted by atomic mass is 10.0. The van der Waals surface area contributed by atoms with Crippen LogP contribution in [0, 0.1) is 11.6 Å². The van der Waals surface area contributed by atoms with Crippen LogP contribution in [0.15, 0.2) is 89.1 Å². The van der Waals surface area contributed by atoms with Gasteiger partial charge in [0.05, 0.1) is 15.7 Å². The Bertz CT molecular complexity index is 1520. The maximum Gasteiger partial charge on any atom is 0.255 e. The van der Waals surface area contributed by atoms with Gasteiger partial charge in [0.2, 0.25) is 0 Å². The first-order chi connectivity index (χ1) is 18.4. The summed E-state index contributed by atoms with van der Waals surface area (Å²) in [6.07, 6.45) is 4.34. The number of piperidine rings is 1. The van der Waals surface area contributed by atoms with Crippen LogP contribution in [0.4, 0.5) is 14.6 Å². The zero-order valence-corrected chi connectivity index (χ0v) is 21.5. The number of benzene rings is 2. The average molecular weight is 555 g/mol. The predicted octanol–water partition coefficient (Wildman–Crippen LogP) is 6.26. The molecule has 2 aromatic heterocycles. The molecule has 0 radical (unpaired) electrons. The van der Waals surface area contributed by atoms with E-state index in [1.165, 1.54) is 29.0 Å². The topological polar surface area (TPSA) is 59.7 Å². The van der Waals surface area contributed by atoms with E-state index in [-0.39, 0.29) is 33.1 Å². The quantitative estimate of drug-likeness (QED) is 0.208. The first kappa shape index (κ1) is 25.9. The van der Waals surface area contributed by atoms with Crippen molar-refractivity contribution in [1.29, 1.82) is 0 Å². The van der Waals surface area contributed by atoms with E-state index in [1.807, 2.05) is 18.2 Å². The molecule has 5 rings (SSSR count). The Labute approximate surface area is 227 Å². The summed E-state index contributed by atoms with van der Waals surface area (Å²) >= 11 is 12.7. The SMILES string of the molecule is O=c1ccc(C(=NOC2CCN(c3ccccn3)CC2)c2ccc(F)cc2F)cn1-c1c(Cl)cccc1Cl. The number of rotatable bonds is 6. The molecule has 2 aromatic carbocycles. The highest BCUT2D eigenvalue weighted by molar-refractivity contribution is 6.37. The van der Waals surface area contributed by atoms with E-state index in [1.54, 1.807) is 24.4 Å². The summed E-state index contributed by atoms with van der Waals surface area (Å²) in [7, 11) is 0. The molecule has 3 heterocycles. The third kappa shape index (κ3) is 5.56. The van der Waals surface area contributed by atoms with E-state index < -0.39 is 17.2 Å². The summed E-state index contributed by atoms with van der Waals surface area (Å²) in [5, 5.41) is 4.85. The van der Waals surface area contributed by atoms with Gasteiger partial charge in [-0.15, -0.1) is 0 Å². The van der Waals surface area contributed by atoms with Gasteiger partial charge in [0, 0.05) is 61.6 Å². The van der Waals surface area contributed by atoms with Gasteiger partial charge >= 0.3 is 0 Å². The minimum absolute atomic E-state index is 0.0211. The molecule has 0 saturated carbocycles. The molecule has 0 bridgehead atoms. The Morgan fingerprint density at radius 3 is 2.42 bits per heavy atom. The zero-order valence-electron chi connectivity index (χ0n) is 20.0. The van der Waals surface area contributed by atoms with Gasteiger partial charge in [0.15, 0.2) is 0 Å². The fourth-order valence-electron chi connectivity index (χ4n) is 4.32. The highest BCUT2D eigenvalue weighted by atomic mass is 35.5. The summed E-state index contributed by atoms with van der Waals surface area (Å²) in [5.41, 5.74) is 0.367. The molecule has 1 aliphatic rings. The molecule has 38 heavy (non-hydrogen) atoms. The van der Waals surface area contributed by atoms with Crippen LogP contribution in [0.25, 0.3) is 5.69 Å². The largest absolute Gasteiger partial charge is 0.392 e. The summed E-state index contributed by atoms with van der Waals surface area (Å²) in [5.74, 6) is -0.643. The second kappa shape index (κ2) is 11.3. The second-order valence-corrected chi connectivity index (χ2v) is 9.55. The van der Waals surface area contributed by atoms with Crippen molar-refractivity contribution in [3.05, 3.63) is 122 Å². The van der Waals surface area contributed by atoms with Gasteiger partial charge in [-0.05, 0) is 42.5 Å². The van der Waals surface area contributed by atoms with Gasteiger partial charge in [-0.3, -0.25) is 9.36 Å². The standard InChI is InChI=1S/C28H22Cl2F2N4O2/c29-22-4-3-5-23(30)28(22)36-17-18(7-10-26(36)37)27(21-9-8-19(31)16-24(21)32)34-38-20-11-14-35(15-12-20)25-6-1-2-13-33-25/h1-10,13,16-17,20H,11-12,14-15H2. The van der Waals surface area contributed by atoms with Crippen molar-refractivity contribution in [1.82, 2.24) is 9.55 Å². The Morgan fingerprint density at radius 1 is 0.974 bits per heavy atom. The molecule has 0 spiro atoms. The summed E-state index contributed by atoms with van der Waals surface area (Å²) in [6.45, 7) is 1.43. The number of anilines is 1. The lowest BCUT2D eigenvalue weighted by Crippen LogP contribution is -2.37. The molecule has 0 aliphatic carbocycles. The second-order valence-electron chi connectivity index (χ2n) is 8.74. The third-order valence-corrected chi connectivity index (χ3v) is 6.87. The number of pyridine rings is 2. The predicted molar refractivity (Wildman–Crippen MR) is 145 cm³/mol.